The molecule has 1 saturated heterocycles. The second-order valence-electron chi connectivity index (χ2n) is 9.71. The van der Waals surface area contributed by atoms with Crippen molar-refractivity contribution < 1.29 is 14.7 Å². The molecule has 0 bridgehead atoms. The fourth-order valence-corrected chi connectivity index (χ4v) is 5.15. The molecule has 4 heterocycles. The second-order valence-corrected chi connectivity index (χ2v) is 9.71. The lowest BCUT2D eigenvalue weighted by Crippen LogP contribution is -2.41. The highest BCUT2D eigenvalue weighted by Gasteiger charge is 2.33. The van der Waals surface area contributed by atoms with Crippen molar-refractivity contribution in [3.05, 3.63) is 82.9 Å². The molecule has 1 aromatic carbocycles. The number of hydrogen-bond donors (Lipinski definition) is 1. The molecule has 3 aromatic rings. The number of aliphatic hydroxyl groups is 1. The molecule has 1 N–H and O–H groups in total. The topological polar surface area (TPSA) is 91.6 Å². The van der Waals surface area contributed by atoms with Crippen LogP contribution in [0, 0.1) is 0 Å². The van der Waals surface area contributed by atoms with E-state index in [1.165, 1.54) is 5.56 Å². The number of aliphatic hydroxyl groups excluding tert-OH is 1. The van der Waals surface area contributed by atoms with E-state index in [0.717, 1.165) is 36.2 Å². The summed E-state index contributed by atoms with van der Waals surface area (Å²) in [6, 6.07) is 14.1. The number of rotatable bonds is 7. The highest BCUT2D eigenvalue weighted by molar-refractivity contribution is 5.94. The molecule has 8 heteroatoms. The summed E-state index contributed by atoms with van der Waals surface area (Å²) in [7, 11) is 0. The Bertz CT molecular complexity index is 1190. The minimum Gasteiger partial charge on any atom is -0.393 e. The number of benzene rings is 1. The summed E-state index contributed by atoms with van der Waals surface area (Å²) in [5.74, 6) is -0.0634. The molecule has 2 aliphatic rings. The van der Waals surface area contributed by atoms with Gasteiger partial charge in [-0.1, -0.05) is 36.4 Å². The zero-order chi connectivity index (χ0) is 24.9. The number of aromatic nitrogens is 3. The summed E-state index contributed by atoms with van der Waals surface area (Å²) < 4.78 is 1.99. The van der Waals surface area contributed by atoms with Crippen molar-refractivity contribution in [3.8, 4) is 0 Å². The molecule has 5 rings (SSSR count). The number of piperidine rings is 1. The van der Waals surface area contributed by atoms with E-state index in [4.69, 9.17) is 5.10 Å². The van der Waals surface area contributed by atoms with Gasteiger partial charge in [0.1, 0.15) is 0 Å². The standard InChI is InChI=1S/C28H33N5O3/c34-23-10-15-31(16-11-23)28(36)27-24-20-32(26(35)18-22-8-4-13-29-19-22)17-12-25(24)33(30-27)14-5-9-21-6-2-1-3-7-21/h1-4,6-8,13,19,23,34H,5,9-12,14-18,20H2. The highest BCUT2D eigenvalue weighted by Crippen LogP contribution is 2.26. The van der Waals surface area contributed by atoms with E-state index in [1.54, 1.807) is 17.3 Å². The van der Waals surface area contributed by atoms with Gasteiger partial charge in [0, 0.05) is 62.8 Å². The van der Waals surface area contributed by atoms with Crippen LogP contribution < -0.4 is 0 Å². The predicted octanol–water partition coefficient (Wildman–Crippen LogP) is 2.64. The average Bonchev–Trinajstić information content (AvgIpc) is 3.28. The normalized spacial score (nSPS) is 16.1. The summed E-state index contributed by atoms with van der Waals surface area (Å²) in [6.45, 7) is 2.79. The lowest BCUT2D eigenvalue weighted by molar-refractivity contribution is -0.131. The Morgan fingerprint density at radius 3 is 2.50 bits per heavy atom. The van der Waals surface area contributed by atoms with Crippen LogP contribution in [0.5, 0.6) is 0 Å². The fourth-order valence-electron chi connectivity index (χ4n) is 5.15. The second kappa shape index (κ2) is 11.0. The summed E-state index contributed by atoms with van der Waals surface area (Å²) >= 11 is 0. The predicted molar refractivity (Wildman–Crippen MR) is 135 cm³/mol. The summed E-state index contributed by atoms with van der Waals surface area (Å²) in [5, 5.41) is 14.7. The lowest BCUT2D eigenvalue weighted by Gasteiger charge is -2.30. The molecule has 2 aromatic heterocycles. The molecule has 0 atom stereocenters. The molecule has 188 valence electrons. The van der Waals surface area contributed by atoms with Gasteiger partial charge in [-0.2, -0.15) is 5.10 Å². The van der Waals surface area contributed by atoms with Gasteiger partial charge in [0.25, 0.3) is 5.91 Å². The van der Waals surface area contributed by atoms with Crippen LogP contribution in [0.2, 0.25) is 0 Å². The van der Waals surface area contributed by atoms with Gasteiger partial charge in [-0.05, 0) is 42.9 Å². The maximum absolute atomic E-state index is 13.5. The van der Waals surface area contributed by atoms with Crippen LogP contribution in [-0.2, 0) is 37.1 Å². The molecule has 2 aliphatic heterocycles. The number of amides is 2. The van der Waals surface area contributed by atoms with Crippen molar-refractivity contribution in [2.45, 2.75) is 57.7 Å². The number of pyridine rings is 1. The number of aryl methyl sites for hydroxylation is 2. The molecule has 0 spiro atoms. The van der Waals surface area contributed by atoms with Gasteiger partial charge in [-0.3, -0.25) is 19.3 Å². The molecule has 0 saturated carbocycles. The van der Waals surface area contributed by atoms with Crippen molar-refractivity contribution >= 4 is 11.8 Å². The molecular formula is C28H33N5O3. The number of carbonyl (C=O) groups excluding carboxylic acids is 2. The molecule has 1 fully saturated rings. The Morgan fingerprint density at radius 2 is 1.75 bits per heavy atom. The largest absolute Gasteiger partial charge is 0.393 e. The quantitative estimate of drug-likeness (QED) is 0.553. The molecule has 2 amide bonds. The number of carbonyl (C=O) groups is 2. The Labute approximate surface area is 211 Å². The number of likely N-dealkylation sites (tertiary alicyclic amines) is 1. The Morgan fingerprint density at radius 1 is 0.972 bits per heavy atom. The number of nitrogens with zero attached hydrogens (tertiary/aromatic N) is 5. The van der Waals surface area contributed by atoms with E-state index in [9.17, 15) is 14.7 Å². The van der Waals surface area contributed by atoms with Crippen LogP contribution >= 0.6 is 0 Å². The maximum Gasteiger partial charge on any atom is 0.274 e. The summed E-state index contributed by atoms with van der Waals surface area (Å²) in [4.78, 5) is 34.3. The van der Waals surface area contributed by atoms with Crippen molar-refractivity contribution in [2.75, 3.05) is 19.6 Å². The van der Waals surface area contributed by atoms with Crippen LogP contribution in [0.1, 0.15) is 52.1 Å². The van der Waals surface area contributed by atoms with Crippen molar-refractivity contribution in [3.63, 3.8) is 0 Å². The third-order valence-electron chi connectivity index (χ3n) is 7.20. The van der Waals surface area contributed by atoms with E-state index in [1.807, 2.05) is 27.8 Å². The van der Waals surface area contributed by atoms with Gasteiger partial charge >= 0.3 is 0 Å². The van der Waals surface area contributed by atoms with Gasteiger partial charge in [-0.25, -0.2) is 0 Å². The first-order valence-corrected chi connectivity index (χ1v) is 12.8. The first kappa shape index (κ1) is 24.2. The minimum absolute atomic E-state index is 0.0324. The Kier molecular flexibility index (Phi) is 7.41. The van der Waals surface area contributed by atoms with E-state index >= 15 is 0 Å². The summed E-state index contributed by atoms with van der Waals surface area (Å²) in [6.07, 6.45) is 7.08. The van der Waals surface area contributed by atoms with Crippen molar-refractivity contribution in [2.24, 2.45) is 0 Å². The van der Waals surface area contributed by atoms with Gasteiger partial charge < -0.3 is 14.9 Å². The van der Waals surface area contributed by atoms with Crippen LogP contribution in [0.25, 0.3) is 0 Å². The smallest absolute Gasteiger partial charge is 0.274 e. The van der Waals surface area contributed by atoms with Crippen LogP contribution in [0.4, 0.5) is 0 Å². The van der Waals surface area contributed by atoms with Gasteiger partial charge in [-0.15, -0.1) is 0 Å². The third kappa shape index (κ3) is 5.49. The van der Waals surface area contributed by atoms with E-state index in [-0.39, 0.29) is 17.9 Å². The first-order chi connectivity index (χ1) is 17.6. The zero-order valence-corrected chi connectivity index (χ0v) is 20.6. The van der Waals surface area contributed by atoms with E-state index in [0.29, 0.717) is 57.6 Å². The number of hydrogen-bond acceptors (Lipinski definition) is 5. The summed E-state index contributed by atoms with van der Waals surface area (Å²) in [5.41, 5.74) is 4.56. The van der Waals surface area contributed by atoms with E-state index < -0.39 is 0 Å². The monoisotopic (exact) mass is 487 g/mol. The SMILES string of the molecule is O=C(Cc1cccnc1)N1CCc2c(c(C(=O)N3CCC(O)CC3)nn2CCCc2ccccc2)C1. The molecule has 0 radical (unpaired) electrons. The molecular weight excluding hydrogens is 454 g/mol. The zero-order valence-electron chi connectivity index (χ0n) is 20.6. The Hall–Kier alpha value is -3.52. The van der Waals surface area contributed by atoms with Gasteiger partial charge in [0.2, 0.25) is 5.91 Å². The third-order valence-corrected chi connectivity index (χ3v) is 7.20. The van der Waals surface area contributed by atoms with E-state index in [2.05, 4.69) is 29.2 Å². The molecule has 8 nitrogen and oxygen atoms in total. The van der Waals surface area contributed by atoms with Crippen molar-refractivity contribution in [1.29, 1.82) is 0 Å². The minimum atomic E-state index is -0.348. The van der Waals surface area contributed by atoms with Crippen LogP contribution in [-0.4, -0.2) is 67.2 Å². The van der Waals surface area contributed by atoms with Gasteiger partial charge in [0.15, 0.2) is 5.69 Å². The van der Waals surface area contributed by atoms with Crippen molar-refractivity contribution in [1.82, 2.24) is 24.6 Å². The highest BCUT2D eigenvalue weighted by atomic mass is 16.3. The maximum atomic E-state index is 13.5. The van der Waals surface area contributed by atoms with Gasteiger partial charge in [0.05, 0.1) is 12.5 Å². The first-order valence-electron chi connectivity index (χ1n) is 12.8. The fraction of sp³-hybridized carbons (Fsp3) is 0.429. The average molecular weight is 488 g/mol. The lowest BCUT2D eigenvalue weighted by atomic mass is 10.0. The molecule has 0 unspecified atom stereocenters. The van der Waals surface area contributed by atoms with Crippen LogP contribution in [0.3, 0.4) is 0 Å². The number of fused-ring (bicyclic) bond motifs is 1. The Balaban J connectivity index is 1.35. The molecule has 36 heavy (non-hydrogen) atoms. The van der Waals surface area contributed by atoms with Crippen LogP contribution in [0.15, 0.2) is 54.9 Å². The molecule has 0 aliphatic carbocycles.